The molecular weight excluding hydrogens is 393 g/mol. The second kappa shape index (κ2) is 6.77. The topological polar surface area (TPSA) is 69.3 Å². The standard InChI is InChI=1S/C18H21F3N4O2S/c1-12-3-2-4-16-15(12)9-24(28(26,27)18(19,20)21)10-17(13-5-6-13)25(16)8-14-7-22-11-23-14/h2-4,7,11,13,17H,5-6,8-10H2,1H3,(H,22,23)/t17-/m1/s1. The molecule has 1 aliphatic heterocycles. The number of aryl methyl sites for hydroxylation is 1. The molecule has 10 heteroatoms. The first-order valence-electron chi connectivity index (χ1n) is 9.07. The van der Waals surface area contributed by atoms with Crippen LogP contribution in [0.25, 0.3) is 0 Å². The Labute approximate surface area is 161 Å². The zero-order valence-electron chi connectivity index (χ0n) is 15.3. The summed E-state index contributed by atoms with van der Waals surface area (Å²) in [5.41, 5.74) is -2.33. The van der Waals surface area contributed by atoms with Crippen molar-refractivity contribution in [3.05, 3.63) is 47.5 Å². The van der Waals surface area contributed by atoms with Crippen molar-refractivity contribution >= 4 is 15.7 Å². The maximum atomic E-state index is 13.3. The molecule has 4 rings (SSSR count). The minimum atomic E-state index is -5.42. The fourth-order valence-electron chi connectivity index (χ4n) is 3.86. The first-order chi connectivity index (χ1) is 13.2. The number of alkyl halides is 3. The second-order valence-corrected chi connectivity index (χ2v) is 9.35. The predicted molar refractivity (Wildman–Crippen MR) is 97.8 cm³/mol. The molecule has 0 unspecified atom stereocenters. The van der Waals surface area contributed by atoms with Crippen molar-refractivity contribution in [2.24, 2.45) is 5.92 Å². The number of aromatic amines is 1. The van der Waals surface area contributed by atoms with Crippen LogP contribution in [0.15, 0.2) is 30.7 Å². The first-order valence-corrected chi connectivity index (χ1v) is 10.5. The van der Waals surface area contributed by atoms with Crippen LogP contribution in [0.3, 0.4) is 0 Å². The van der Waals surface area contributed by atoms with E-state index in [9.17, 15) is 21.6 Å². The summed E-state index contributed by atoms with van der Waals surface area (Å²) in [5, 5.41) is 0. The third kappa shape index (κ3) is 3.39. The van der Waals surface area contributed by atoms with Gasteiger partial charge in [-0.2, -0.15) is 17.5 Å². The highest BCUT2D eigenvalue weighted by Crippen LogP contribution is 2.43. The average molecular weight is 414 g/mol. The van der Waals surface area contributed by atoms with Gasteiger partial charge in [-0.05, 0) is 42.9 Å². The van der Waals surface area contributed by atoms with Crippen molar-refractivity contribution in [1.29, 1.82) is 0 Å². The number of imidazole rings is 1. The highest BCUT2D eigenvalue weighted by molar-refractivity contribution is 7.89. The van der Waals surface area contributed by atoms with Gasteiger partial charge >= 0.3 is 15.5 Å². The number of benzene rings is 1. The van der Waals surface area contributed by atoms with E-state index in [0.717, 1.165) is 29.8 Å². The summed E-state index contributed by atoms with van der Waals surface area (Å²) in [4.78, 5) is 9.09. The van der Waals surface area contributed by atoms with Gasteiger partial charge in [0.2, 0.25) is 0 Å². The Balaban J connectivity index is 1.82. The molecule has 1 aromatic heterocycles. The molecule has 0 amide bonds. The van der Waals surface area contributed by atoms with E-state index in [1.54, 1.807) is 25.5 Å². The van der Waals surface area contributed by atoms with Crippen molar-refractivity contribution in [1.82, 2.24) is 14.3 Å². The third-order valence-electron chi connectivity index (χ3n) is 5.51. The van der Waals surface area contributed by atoms with E-state index in [2.05, 4.69) is 9.97 Å². The van der Waals surface area contributed by atoms with E-state index in [-0.39, 0.29) is 25.0 Å². The summed E-state index contributed by atoms with van der Waals surface area (Å²) in [6.45, 7) is 1.75. The number of aromatic nitrogens is 2. The summed E-state index contributed by atoms with van der Waals surface area (Å²) in [6, 6.07) is 5.18. The molecule has 2 aromatic rings. The fourth-order valence-corrected chi connectivity index (χ4v) is 4.80. The van der Waals surface area contributed by atoms with E-state index >= 15 is 0 Å². The fraction of sp³-hybridized carbons (Fsp3) is 0.500. The van der Waals surface area contributed by atoms with Gasteiger partial charge in [0.15, 0.2) is 0 Å². The minimum Gasteiger partial charge on any atom is -0.361 e. The van der Waals surface area contributed by atoms with E-state index in [0.29, 0.717) is 16.4 Å². The molecule has 2 heterocycles. The summed E-state index contributed by atoms with van der Waals surface area (Å²) in [6.07, 6.45) is 4.99. The molecule has 28 heavy (non-hydrogen) atoms. The van der Waals surface area contributed by atoms with Crippen molar-refractivity contribution in [3.63, 3.8) is 0 Å². The molecule has 6 nitrogen and oxygen atoms in total. The van der Waals surface area contributed by atoms with Crippen LogP contribution in [-0.2, 0) is 23.1 Å². The quantitative estimate of drug-likeness (QED) is 0.835. The number of nitrogens with one attached hydrogen (secondary N) is 1. The number of nitrogens with zero attached hydrogens (tertiary/aromatic N) is 3. The Morgan fingerprint density at radius 2 is 2.04 bits per heavy atom. The van der Waals surface area contributed by atoms with Gasteiger partial charge in [-0.15, -0.1) is 0 Å². The van der Waals surface area contributed by atoms with E-state index in [4.69, 9.17) is 0 Å². The van der Waals surface area contributed by atoms with Crippen molar-refractivity contribution in [2.45, 2.75) is 44.4 Å². The van der Waals surface area contributed by atoms with Crippen LogP contribution in [0, 0.1) is 12.8 Å². The molecule has 1 N–H and O–H groups in total. The Kier molecular flexibility index (Phi) is 4.65. The Morgan fingerprint density at radius 1 is 1.29 bits per heavy atom. The lowest BCUT2D eigenvalue weighted by molar-refractivity contribution is -0.0492. The number of rotatable bonds is 4. The number of sulfonamides is 1. The number of anilines is 1. The Morgan fingerprint density at radius 3 is 2.64 bits per heavy atom. The maximum absolute atomic E-state index is 13.3. The smallest absolute Gasteiger partial charge is 0.361 e. The molecular formula is C18H21F3N4O2S. The molecule has 0 spiro atoms. The molecule has 0 radical (unpaired) electrons. The van der Waals surface area contributed by atoms with Gasteiger partial charge in [-0.25, -0.2) is 13.4 Å². The SMILES string of the molecule is Cc1cccc2c1CN(S(=O)(=O)C(F)(F)F)C[C@H](C1CC1)N2Cc1cnc[nH]1. The van der Waals surface area contributed by atoms with Crippen molar-refractivity contribution in [3.8, 4) is 0 Å². The Hall–Kier alpha value is -2.07. The van der Waals surface area contributed by atoms with Gasteiger partial charge in [-0.1, -0.05) is 12.1 Å². The molecule has 1 atom stereocenters. The van der Waals surface area contributed by atoms with Crippen LogP contribution in [0.1, 0.15) is 29.7 Å². The summed E-state index contributed by atoms with van der Waals surface area (Å²) >= 11 is 0. The van der Waals surface area contributed by atoms with Crippen molar-refractivity contribution in [2.75, 3.05) is 11.4 Å². The summed E-state index contributed by atoms with van der Waals surface area (Å²) in [7, 11) is -5.42. The van der Waals surface area contributed by atoms with Crippen LogP contribution in [0.2, 0.25) is 0 Å². The summed E-state index contributed by atoms with van der Waals surface area (Å²) < 4.78 is 65.1. The molecule has 1 aromatic carbocycles. The van der Waals surface area contributed by atoms with Crippen LogP contribution in [0.4, 0.5) is 18.9 Å². The zero-order chi connectivity index (χ0) is 20.1. The largest absolute Gasteiger partial charge is 0.511 e. The lowest BCUT2D eigenvalue weighted by Crippen LogP contribution is -2.47. The van der Waals surface area contributed by atoms with Crippen LogP contribution >= 0.6 is 0 Å². The van der Waals surface area contributed by atoms with Gasteiger partial charge < -0.3 is 9.88 Å². The van der Waals surface area contributed by atoms with E-state index in [1.165, 1.54) is 0 Å². The van der Waals surface area contributed by atoms with E-state index < -0.39 is 15.5 Å². The lowest BCUT2D eigenvalue weighted by Gasteiger charge is -2.34. The third-order valence-corrected chi connectivity index (χ3v) is 7.06. The van der Waals surface area contributed by atoms with Crippen LogP contribution < -0.4 is 4.90 Å². The molecule has 0 saturated heterocycles. The van der Waals surface area contributed by atoms with Crippen LogP contribution in [0.5, 0.6) is 0 Å². The van der Waals surface area contributed by atoms with Gasteiger partial charge in [0.05, 0.1) is 18.6 Å². The maximum Gasteiger partial charge on any atom is 0.511 e. The van der Waals surface area contributed by atoms with Crippen molar-refractivity contribution < 1.29 is 21.6 Å². The highest BCUT2D eigenvalue weighted by atomic mass is 32.2. The normalized spacial score (nSPS) is 21.4. The minimum absolute atomic E-state index is 0.167. The molecule has 152 valence electrons. The second-order valence-electron chi connectivity index (χ2n) is 7.43. The van der Waals surface area contributed by atoms with Gasteiger partial charge in [0, 0.05) is 31.0 Å². The average Bonchev–Trinajstić information content (AvgIpc) is 3.35. The lowest BCUT2D eigenvalue weighted by atomic mass is 10.0. The first kappa shape index (κ1) is 19.3. The number of hydrogen-bond acceptors (Lipinski definition) is 4. The zero-order valence-corrected chi connectivity index (χ0v) is 16.1. The predicted octanol–water partition coefficient (Wildman–Crippen LogP) is 3.17. The number of halogens is 3. The van der Waals surface area contributed by atoms with Gasteiger partial charge in [0.1, 0.15) is 0 Å². The highest BCUT2D eigenvalue weighted by Gasteiger charge is 2.52. The molecule has 2 aliphatic rings. The monoisotopic (exact) mass is 414 g/mol. The van der Waals surface area contributed by atoms with Gasteiger partial charge in [0.25, 0.3) is 0 Å². The number of H-pyrrole nitrogens is 1. The molecule has 1 saturated carbocycles. The van der Waals surface area contributed by atoms with Crippen LogP contribution in [-0.4, -0.2) is 40.8 Å². The number of hydrogen-bond donors (Lipinski definition) is 1. The van der Waals surface area contributed by atoms with E-state index in [1.807, 2.05) is 17.0 Å². The molecule has 0 bridgehead atoms. The summed E-state index contributed by atoms with van der Waals surface area (Å²) in [5.74, 6) is 0.167. The molecule has 1 fully saturated rings. The molecule has 1 aliphatic carbocycles. The van der Waals surface area contributed by atoms with Gasteiger partial charge in [-0.3, -0.25) is 0 Å². The number of fused-ring (bicyclic) bond motifs is 1. The Bertz CT molecular complexity index is 956.